The Morgan fingerprint density at radius 1 is 0.885 bits per heavy atom. The highest BCUT2D eigenvalue weighted by Crippen LogP contribution is 2.23. The van der Waals surface area contributed by atoms with E-state index in [1.54, 1.807) is 0 Å². The van der Waals surface area contributed by atoms with Gasteiger partial charge in [-0.05, 0) is 32.6 Å². The zero-order valence-corrected chi connectivity index (χ0v) is 17.2. The Labute approximate surface area is 165 Å². The standard InChI is InChI=1S/C20H37N3O2.ClH/c1-16(23-20(25)17-9-5-4-6-10-17)15-19(24)22-14-13-21-18-11-7-2-3-8-12-18;/h16-18,21H,2-15H2,1H3,(H,22,24)(H,23,25);1H. The van der Waals surface area contributed by atoms with Crippen molar-refractivity contribution in [1.82, 2.24) is 16.0 Å². The van der Waals surface area contributed by atoms with E-state index in [2.05, 4.69) is 16.0 Å². The first-order valence-electron chi connectivity index (χ1n) is 10.5. The van der Waals surface area contributed by atoms with Gasteiger partial charge in [0.05, 0.1) is 0 Å². The quantitative estimate of drug-likeness (QED) is 0.442. The van der Waals surface area contributed by atoms with Gasteiger partial charge >= 0.3 is 0 Å². The molecule has 6 heteroatoms. The molecule has 26 heavy (non-hydrogen) atoms. The Morgan fingerprint density at radius 2 is 1.46 bits per heavy atom. The highest BCUT2D eigenvalue weighted by molar-refractivity contribution is 5.85. The number of carbonyl (C=O) groups excluding carboxylic acids is 2. The summed E-state index contributed by atoms with van der Waals surface area (Å²) in [6.45, 7) is 3.42. The molecule has 0 heterocycles. The summed E-state index contributed by atoms with van der Waals surface area (Å²) in [6.07, 6.45) is 13.8. The van der Waals surface area contributed by atoms with Crippen LogP contribution < -0.4 is 16.0 Å². The van der Waals surface area contributed by atoms with Gasteiger partial charge < -0.3 is 16.0 Å². The minimum Gasteiger partial charge on any atom is -0.355 e. The van der Waals surface area contributed by atoms with Gasteiger partial charge in [0, 0.05) is 37.5 Å². The van der Waals surface area contributed by atoms with Gasteiger partial charge in [-0.3, -0.25) is 9.59 Å². The zero-order chi connectivity index (χ0) is 17.9. The number of rotatable bonds is 8. The zero-order valence-electron chi connectivity index (χ0n) is 16.4. The summed E-state index contributed by atoms with van der Waals surface area (Å²) in [5.74, 6) is 0.317. The van der Waals surface area contributed by atoms with Crippen molar-refractivity contribution in [3.8, 4) is 0 Å². The Kier molecular flexibility index (Phi) is 11.9. The minimum atomic E-state index is -0.0933. The number of carbonyl (C=O) groups is 2. The molecule has 0 radical (unpaired) electrons. The van der Waals surface area contributed by atoms with Crippen molar-refractivity contribution in [2.75, 3.05) is 13.1 Å². The van der Waals surface area contributed by atoms with Crippen molar-refractivity contribution in [3.63, 3.8) is 0 Å². The third-order valence-corrected chi connectivity index (χ3v) is 5.59. The molecule has 2 saturated carbocycles. The first kappa shape index (κ1) is 23.2. The van der Waals surface area contributed by atoms with Crippen LogP contribution in [0.5, 0.6) is 0 Å². The molecule has 2 fully saturated rings. The van der Waals surface area contributed by atoms with Crippen LogP contribution in [-0.2, 0) is 9.59 Å². The molecule has 0 saturated heterocycles. The van der Waals surface area contributed by atoms with Gasteiger partial charge in [-0.25, -0.2) is 0 Å². The number of amides is 2. The van der Waals surface area contributed by atoms with E-state index < -0.39 is 0 Å². The molecule has 0 spiro atoms. The third-order valence-electron chi connectivity index (χ3n) is 5.59. The highest BCUT2D eigenvalue weighted by atomic mass is 35.5. The second kappa shape index (κ2) is 13.4. The lowest BCUT2D eigenvalue weighted by Crippen LogP contribution is -2.42. The summed E-state index contributed by atoms with van der Waals surface area (Å²) in [6, 6.07) is 0.525. The molecule has 0 bridgehead atoms. The normalized spacial score (nSPS) is 20.5. The lowest BCUT2D eigenvalue weighted by atomic mass is 9.88. The van der Waals surface area contributed by atoms with E-state index in [0.717, 1.165) is 32.2 Å². The number of hydrogen-bond acceptors (Lipinski definition) is 3. The van der Waals surface area contributed by atoms with Crippen molar-refractivity contribution < 1.29 is 9.59 Å². The van der Waals surface area contributed by atoms with Crippen molar-refractivity contribution in [1.29, 1.82) is 0 Å². The van der Waals surface area contributed by atoms with E-state index in [1.165, 1.54) is 44.9 Å². The Morgan fingerprint density at radius 3 is 2.12 bits per heavy atom. The molecule has 2 aliphatic carbocycles. The summed E-state index contributed by atoms with van der Waals surface area (Å²) < 4.78 is 0. The van der Waals surface area contributed by atoms with Crippen molar-refractivity contribution in [3.05, 3.63) is 0 Å². The highest BCUT2D eigenvalue weighted by Gasteiger charge is 2.22. The predicted octanol–water partition coefficient (Wildman–Crippen LogP) is 3.31. The fourth-order valence-electron chi connectivity index (χ4n) is 4.09. The van der Waals surface area contributed by atoms with Gasteiger partial charge in [0.2, 0.25) is 11.8 Å². The van der Waals surface area contributed by atoms with Crippen LogP contribution >= 0.6 is 12.4 Å². The lowest BCUT2D eigenvalue weighted by molar-refractivity contribution is -0.127. The molecule has 0 aromatic rings. The Hall–Kier alpha value is -0.810. The SMILES string of the molecule is CC(CC(=O)NCCNC1CCCCCC1)NC(=O)C1CCCCC1.Cl. The monoisotopic (exact) mass is 387 g/mol. The van der Waals surface area contributed by atoms with Crippen LogP contribution in [0.2, 0.25) is 0 Å². The molecular formula is C20H38ClN3O2. The summed E-state index contributed by atoms with van der Waals surface area (Å²) >= 11 is 0. The van der Waals surface area contributed by atoms with E-state index >= 15 is 0 Å². The molecular weight excluding hydrogens is 350 g/mol. The maximum atomic E-state index is 12.2. The molecule has 2 amide bonds. The van der Waals surface area contributed by atoms with E-state index in [-0.39, 0.29) is 36.2 Å². The predicted molar refractivity (Wildman–Crippen MR) is 109 cm³/mol. The molecule has 0 aliphatic heterocycles. The summed E-state index contributed by atoms with van der Waals surface area (Å²) in [5.41, 5.74) is 0. The van der Waals surface area contributed by atoms with Gasteiger partial charge in [-0.2, -0.15) is 0 Å². The third kappa shape index (κ3) is 9.22. The maximum Gasteiger partial charge on any atom is 0.223 e. The summed E-state index contributed by atoms with van der Waals surface area (Å²) in [7, 11) is 0. The van der Waals surface area contributed by atoms with Crippen LogP contribution in [0, 0.1) is 5.92 Å². The second-order valence-corrected chi connectivity index (χ2v) is 7.94. The maximum absolute atomic E-state index is 12.2. The molecule has 3 N–H and O–H groups in total. The van der Waals surface area contributed by atoms with Crippen molar-refractivity contribution in [2.24, 2.45) is 5.92 Å². The topological polar surface area (TPSA) is 70.2 Å². The molecule has 2 rings (SSSR count). The van der Waals surface area contributed by atoms with Crippen LogP contribution in [0.25, 0.3) is 0 Å². The van der Waals surface area contributed by atoms with Gasteiger partial charge in [0.15, 0.2) is 0 Å². The first-order chi connectivity index (χ1) is 12.1. The molecule has 0 aromatic heterocycles. The van der Waals surface area contributed by atoms with Crippen molar-refractivity contribution >= 4 is 24.2 Å². The lowest BCUT2D eigenvalue weighted by Gasteiger charge is -2.23. The molecule has 0 aromatic carbocycles. The fourth-order valence-corrected chi connectivity index (χ4v) is 4.09. The van der Waals surface area contributed by atoms with Gasteiger partial charge in [-0.15, -0.1) is 12.4 Å². The van der Waals surface area contributed by atoms with Gasteiger partial charge in [0.25, 0.3) is 0 Å². The van der Waals surface area contributed by atoms with E-state index in [0.29, 0.717) is 19.0 Å². The molecule has 1 unspecified atom stereocenters. The first-order valence-corrected chi connectivity index (χ1v) is 10.5. The molecule has 5 nitrogen and oxygen atoms in total. The van der Waals surface area contributed by atoms with Crippen LogP contribution in [-0.4, -0.2) is 37.0 Å². The van der Waals surface area contributed by atoms with Crippen LogP contribution in [0.1, 0.15) is 84.0 Å². The van der Waals surface area contributed by atoms with Crippen LogP contribution in [0.15, 0.2) is 0 Å². The largest absolute Gasteiger partial charge is 0.355 e. The second-order valence-electron chi connectivity index (χ2n) is 7.94. The fraction of sp³-hybridized carbons (Fsp3) is 0.900. The molecule has 152 valence electrons. The Balaban J connectivity index is 0.00000338. The molecule has 2 aliphatic rings. The molecule has 1 atom stereocenters. The van der Waals surface area contributed by atoms with E-state index in [9.17, 15) is 9.59 Å². The number of halogens is 1. The Bertz CT molecular complexity index is 406. The van der Waals surface area contributed by atoms with Crippen LogP contribution in [0.3, 0.4) is 0 Å². The van der Waals surface area contributed by atoms with E-state index in [4.69, 9.17) is 0 Å². The van der Waals surface area contributed by atoms with E-state index in [1.807, 2.05) is 6.92 Å². The van der Waals surface area contributed by atoms with Crippen molar-refractivity contribution in [2.45, 2.75) is 96.1 Å². The van der Waals surface area contributed by atoms with Crippen LogP contribution in [0.4, 0.5) is 0 Å². The summed E-state index contributed by atoms with van der Waals surface area (Å²) in [5, 5.41) is 9.54. The minimum absolute atomic E-state index is 0. The summed E-state index contributed by atoms with van der Waals surface area (Å²) in [4.78, 5) is 24.2. The number of nitrogens with one attached hydrogen (secondary N) is 3. The van der Waals surface area contributed by atoms with Gasteiger partial charge in [-0.1, -0.05) is 44.9 Å². The average Bonchev–Trinajstić information content (AvgIpc) is 2.88. The smallest absolute Gasteiger partial charge is 0.223 e. The van der Waals surface area contributed by atoms with Gasteiger partial charge in [0.1, 0.15) is 0 Å². The average molecular weight is 388 g/mol. The number of hydrogen-bond donors (Lipinski definition) is 3.